The highest BCUT2D eigenvalue weighted by molar-refractivity contribution is 5.68. The molecule has 0 fully saturated rings. The molecule has 1 aromatic heterocycles. The van der Waals surface area contributed by atoms with Gasteiger partial charge in [0.25, 0.3) is 0 Å². The van der Waals surface area contributed by atoms with Crippen molar-refractivity contribution in [3.05, 3.63) is 35.6 Å². The van der Waals surface area contributed by atoms with Crippen molar-refractivity contribution >= 4 is 5.88 Å². The van der Waals surface area contributed by atoms with E-state index >= 15 is 0 Å². The summed E-state index contributed by atoms with van der Waals surface area (Å²) in [5, 5.41) is 15.0. The first-order valence-electron chi connectivity index (χ1n) is 11.7. The number of nitrogens with zero attached hydrogens (tertiary/aromatic N) is 3. The number of hydrogen-bond acceptors (Lipinski definition) is 6. The van der Waals surface area contributed by atoms with Crippen LogP contribution in [0.25, 0.3) is 11.3 Å². The van der Waals surface area contributed by atoms with E-state index in [0.29, 0.717) is 43.8 Å². The van der Waals surface area contributed by atoms with Crippen molar-refractivity contribution in [2.75, 3.05) is 44.3 Å². The van der Waals surface area contributed by atoms with E-state index in [4.69, 9.17) is 9.26 Å². The zero-order chi connectivity index (χ0) is 23.7. The molecule has 0 saturated carbocycles. The van der Waals surface area contributed by atoms with E-state index in [-0.39, 0.29) is 5.82 Å². The predicted molar refractivity (Wildman–Crippen MR) is 127 cm³/mol. The fourth-order valence-corrected chi connectivity index (χ4v) is 3.77. The van der Waals surface area contributed by atoms with Crippen LogP contribution in [-0.4, -0.2) is 60.7 Å². The third kappa shape index (κ3) is 7.87. The predicted octanol–water partition coefficient (Wildman–Crippen LogP) is 4.82. The number of aliphatic hydroxyl groups is 1. The van der Waals surface area contributed by atoms with E-state index in [9.17, 15) is 9.50 Å². The Labute approximate surface area is 192 Å². The van der Waals surface area contributed by atoms with Gasteiger partial charge in [-0.05, 0) is 49.9 Å². The minimum Gasteiger partial charge on any atom is -0.389 e. The zero-order valence-corrected chi connectivity index (χ0v) is 20.5. The summed E-state index contributed by atoms with van der Waals surface area (Å²) in [5.41, 5.74) is 2.48. The largest absolute Gasteiger partial charge is 0.389 e. The number of rotatable bonds is 14. The van der Waals surface area contributed by atoms with Crippen molar-refractivity contribution in [2.24, 2.45) is 11.8 Å². The standard InChI is InChI=1S/C25H40FN3O3/c1-7-29(8-2)25-23(24(27-32-25)20-9-11-21(26)12-10-20)15-28(13-18(3)4)14-22(30)17-31-16-19(5)6/h9-12,18-19,22,30H,7-8,13-17H2,1-6H3. The van der Waals surface area contributed by atoms with Crippen LogP contribution in [0.3, 0.4) is 0 Å². The Bertz CT molecular complexity index is 788. The fraction of sp³-hybridized carbons (Fsp3) is 0.640. The summed E-state index contributed by atoms with van der Waals surface area (Å²) in [7, 11) is 0. The molecule has 6 nitrogen and oxygen atoms in total. The molecule has 0 amide bonds. The maximum atomic E-state index is 13.5. The molecule has 2 aromatic rings. The first-order valence-corrected chi connectivity index (χ1v) is 11.7. The quantitative estimate of drug-likeness (QED) is 0.446. The molecule has 1 N–H and O–H groups in total. The summed E-state index contributed by atoms with van der Waals surface area (Å²) in [4.78, 5) is 4.35. The summed E-state index contributed by atoms with van der Waals surface area (Å²) in [5.74, 6) is 1.30. The van der Waals surface area contributed by atoms with Gasteiger partial charge in [-0.3, -0.25) is 4.90 Å². The molecule has 0 spiro atoms. The molecule has 0 aliphatic rings. The molecule has 1 unspecified atom stereocenters. The Morgan fingerprint density at radius 3 is 2.22 bits per heavy atom. The molecule has 0 saturated heterocycles. The average molecular weight is 450 g/mol. The van der Waals surface area contributed by atoms with Crippen LogP contribution in [0.4, 0.5) is 10.3 Å². The van der Waals surface area contributed by atoms with Gasteiger partial charge in [-0.15, -0.1) is 0 Å². The highest BCUT2D eigenvalue weighted by Gasteiger charge is 2.25. The molecule has 2 rings (SSSR count). The summed E-state index contributed by atoms with van der Waals surface area (Å²) in [6.45, 7) is 17.1. The minimum absolute atomic E-state index is 0.284. The minimum atomic E-state index is -0.585. The molecular formula is C25H40FN3O3. The molecule has 0 bridgehead atoms. The van der Waals surface area contributed by atoms with Crippen LogP contribution in [0.15, 0.2) is 28.8 Å². The van der Waals surface area contributed by atoms with Crippen LogP contribution in [0.2, 0.25) is 0 Å². The Hall–Kier alpha value is -1.96. The highest BCUT2D eigenvalue weighted by Crippen LogP contribution is 2.33. The molecular weight excluding hydrogens is 409 g/mol. The Balaban J connectivity index is 2.30. The molecule has 32 heavy (non-hydrogen) atoms. The van der Waals surface area contributed by atoms with Gasteiger partial charge in [0.15, 0.2) is 0 Å². The molecule has 0 aliphatic carbocycles. The normalized spacial score (nSPS) is 12.8. The summed E-state index contributed by atoms with van der Waals surface area (Å²) < 4.78 is 24.9. The van der Waals surface area contributed by atoms with Crippen LogP contribution >= 0.6 is 0 Å². The molecule has 1 heterocycles. The van der Waals surface area contributed by atoms with Gasteiger partial charge in [0.2, 0.25) is 5.88 Å². The average Bonchev–Trinajstić information content (AvgIpc) is 3.12. The van der Waals surface area contributed by atoms with Gasteiger partial charge in [-0.25, -0.2) is 4.39 Å². The highest BCUT2D eigenvalue weighted by atomic mass is 19.1. The molecule has 7 heteroatoms. The van der Waals surface area contributed by atoms with Crippen LogP contribution in [0.5, 0.6) is 0 Å². The number of aromatic nitrogens is 1. The Morgan fingerprint density at radius 2 is 1.66 bits per heavy atom. The zero-order valence-electron chi connectivity index (χ0n) is 20.5. The second-order valence-corrected chi connectivity index (χ2v) is 9.17. The van der Waals surface area contributed by atoms with E-state index in [2.05, 4.69) is 56.5 Å². The van der Waals surface area contributed by atoms with Gasteiger partial charge in [0.05, 0.1) is 18.3 Å². The van der Waals surface area contributed by atoms with Gasteiger partial charge in [0.1, 0.15) is 11.5 Å². The third-order valence-corrected chi connectivity index (χ3v) is 5.17. The van der Waals surface area contributed by atoms with E-state index in [1.165, 1.54) is 12.1 Å². The number of aliphatic hydroxyl groups excluding tert-OH is 1. The van der Waals surface area contributed by atoms with Gasteiger partial charge >= 0.3 is 0 Å². The maximum Gasteiger partial charge on any atom is 0.232 e. The van der Waals surface area contributed by atoms with Crippen LogP contribution in [0, 0.1) is 17.7 Å². The number of halogens is 1. The van der Waals surface area contributed by atoms with E-state index in [1.807, 2.05) is 0 Å². The number of anilines is 1. The lowest BCUT2D eigenvalue weighted by atomic mass is 10.1. The van der Waals surface area contributed by atoms with Gasteiger partial charge in [-0.1, -0.05) is 32.9 Å². The molecule has 1 aromatic carbocycles. The van der Waals surface area contributed by atoms with Crippen molar-refractivity contribution in [1.82, 2.24) is 10.1 Å². The van der Waals surface area contributed by atoms with Crippen molar-refractivity contribution < 1.29 is 18.8 Å². The van der Waals surface area contributed by atoms with Crippen molar-refractivity contribution in [3.8, 4) is 11.3 Å². The monoisotopic (exact) mass is 449 g/mol. The second kappa shape index (κ2) is 12.9. The number of benzene rings is 1. The van der Waals surface area contributed by atoms with E-state index in [1.54, 1.807) is 12.1 Å². The van der Waals surface area contributed by atoms with Gasteiger partial charge in [-0.2, -0.15) is 0 Å². The van der Waals surface area contributed by atoms with E-state index < -0.39 is 6.10 Å². The van der Waals surface area contributed by atoms with Gasteiger partial charge in [0, 0.05) is 44.9 Å². The van der Waals surface area contributed by atoms with Crippen LogP contribution < -0.4 is 4.90 Å². The topological polar surface area (TPSA) is 62.0 Å². The smallest absolute Gasteiger partial charge is 0.232 e. The SMILES string of the molecule is CCN(CC)c1onc(-c2ccc(F)cc2)c1CN(CC(C)C)CC(O)COCC(C)C. The molecule has 180 valence electrons. The first kappa shape index (κ1) is 26.3. The first-order chi connectivity index (χ1) is 15.2. The number of ether oxygens (including phenoxy) is 1. The molecule has 0 aliphatic heterocycles. The van der Waals surface area contributed by atoms with E-state index in [0.717, 1.165) is 36.6 Å². The van der Waals surface area contributed by atoms with Crippen molar-refractivity contribution in [1.29, 1.82) is 0 Å². The second-order valence-electron chi connectivity index (χ2n) is 9.17. The lowest BCUT2D eigenvalue weighted by molar-refractivity contribution is 0.00524. The lowest BCUT2D eigenvalue weighted by Crippen LogP contribution is -2.37. The van der Waals surface area contributed by atoms with Crippen molar-refractivity contribution in [3.63, 3.8) is 0 Å². The van der Waals surface area contributed by atoms with Crippen LogP contribution in [-0.2, 0) is 11.3 Å². The maximum absolute atomic E-state index is 13.5. The van der Waals surface area contributed by atoms with Crippen molar-refractivity contribution in [2.45, 2.75) is 54.2 Å². The summed E-state index contributed by atoms with van der Waals surface area (Å²) in [6, 6.07) is 6.33. The van der Waals surface area contributed by atoms with Gasteiger partial charge < -0.3 is 19.3 Å². The summed E-state index contributed by atoms with van der Waals surface area (Å²) >= 11 is 0. The molecule has 1 atom stereocenters. The summed E-state index contributed by atoms with van der Waals surface area (Å²) in [6.07, 6.45) is -0.585. The van der Waals surface area contributed by atoms with Crippen LogP contribution in [0.1, 0.15) is 47.1 Å². The third-order valence-electron chi connectivity index (χ3n) is 5.17. The number of hydrogen-bond donors (Lipinski definition) is 1. The Morgan fingerprint density at radius 1 is 1.00 bits per heavy atom. The fourth-order valence-electron chi connectivity index (χ4n) is 3.77. The molecule has 0 radical (unpaired) electrons. The lowest BCUT2D eigenvalue weighted by Gasteiger charge is -2.28. The Kier molecular flexibility index (Phi) is 10.6.